The van der Waals surface area contributed by atoms with Crippen LogP contribution in [0.1, 0.15) is 30.0 Å². The molecule has 0 amide bonds. The molecule has 1 heterocycles. The van der Waals surface area contributed by atoms with E-state index in [2.05, 4.69) is 34.1 Å². The van der Waals surface area contributed by atoms with Crippen LogP contribution in [0, 0.1) is 5.92 Å². The molecule has 7 nitrogen and oxygen atoms in total. The molecular weight excluding hydrogens is 396 g/mol. The predicted molar refractivity (Wildman–Crippen MR) is 121 cm³/mol. The summed E-state index contributed by atoms with van der Waals surface area (Å²) in [5.41, 5.74) is 3.27. The summed E-state index contributed by atoms with van der Waals surface area (Å²) in [6.07, 6.45) is 1.26. The zero-order chi connectivity index (χ0) is 22.5. The van der Waals surface area contributed by atoms with Gasteiger partial charge in [-0.25, -0.2) is 0 Å². The second kappa shape index (κ2) is 9.92. The van der Waals surface area contributed by atoms with Crippen LogP contribution >= 0.6 is 0 Å². The Labute approximate surface area is 184 Å². The summed E-state index contributed by atoms with van der Waals surface area (Å²) >= 11 is 0. The largest absolute Gasteiger partial charge is 0.493 e. The van der Waals surface area contributed by atoms with Crippen molar-refractivity contribution in [3.8, 4) is 17.2 Å². The highest BCUT2D eigenvalue weighted by Gasteiger charge is 2.31. The average Bonchev–Trinajstić information content (AvgIpc) is 2.79. The third kappa shape index (κ3) is 4.88. The van der Waals surface area contributed by atoms with E-state index in [4.69, 9.17) is 14.2 Å². The summed E-state index contributed by atoms with van der Waals surface area (Å²) in [6, 6.07) is 12.4. The second-order valence-electron chi connectivity index (χ2n) is 8.00. The number of hydrogen-bond donors (Lipinski definition) is 1. The van der Waals surface area contributed by atoms with Crippen molar-refractivity contribution in [1.82, 2.24) is 4.90 Å². The molecule has 1 aliphatic rings. The van der Waals surface area contributed by atoms with Gasteiger partial charge in [-0.2, -0.15) is 0 Å². The summed E-state index contributed by atoms with van der Waals surface area (Å²) in [5.74, 6) is 0.770. The van der Waals surface area contributed by atoms with E-state index in [1.807, 2.05) is 26.2 Å². The Bertz CT molecular complexity index is 864. The van der Waals surface area contributed by atoms with E-state index in [9.17, 15) is 9.90 Å². The molecule has 3 rings (SSSR count). The number of aliphatic carboxylic acids is 1. The molecule has 0 bridgehead atoms. The number of anilines is 1. The van der Waals surface area contributed by atoms with Gasteiger partial charge in [-0.1, -0.05) is 12.1 Å². The summed E-state index contributed by atoms with van der Waals surface area (Å²) in [5, 5.41) is 9.40. The number of hydrogen-bond acceptors (Lipinski definition) is 6. The molecule has 0 saturated carbocycles. The molecule has 0 aromatic heterocycles. The molecule has 2 aromatic carbocycles. The van der Waals surface area contributed by atoms with Crippen LogP contribution in [0.15, 0.2) is 36.4 Å². The first-order valence-electron chi connectivity index (χ1n) is 10.4. The van der Waals surface area contributed by atoms with Crippen molar-refractivity contribution in [1.29, 1.82) is 0 Å². The molecule has 2 aromatic rings. The van der Waals surface area contributed by atoms with Gasteiger partial charge in [0, 0.05) is 19.8 Å². The maximum Gasteiger partial charge on any atom is 0.306 e. The van der Waals surface area contributed by atoms with Gasteiger partial charge in [0.05, 0.1) is 33.3 Å². The van der Waals surface area contributed by atoms with Crippen molar-refractivity contribution in [3.63, 3.8) is 0 Å². The molecule has 1 unspecified atom stereocenters. The van der Waals surface area contributed by atoms with Crippen molar-refractivity contribution >= 4 is 11.7 Å². The lowest BCUT2D eigenvalue weighted by Crippen LogP contribution is -2.39. The van der Waals surface area contributed by atoms with Gasteiger partial charge in [0.2, 0.25) is 5.75 Å². The minimum Gasteiger partial charge on any atom is -0.493 e. The molecule has 0 spiro atoms. The fourth-order valence-electron chi connectivity index (χ4n) is 4.23. The second-order valence-corrected chi connectivity index (χ2v) is 8.00. The first-order valence-corrected chi connectivity index (χ1v) is 10.4. The zero-order valence-electron chi connectivity index (χ0n) is 18.9. The summed E-state index contributed by atoms with van der Waals surface area (Å²) in [7, 11) is 8.85. The Morgan fingerprint density at radius 3 is 1.94 bits per heavy atom. The summed E-state index contributed by atoms with van der Waals surface area (Å²) in [4.78, 5) is 15.8. The number of nitrogens with zero attached hydrogens (tertiary/aromatic N) is 2. The van der Waals surface area contributed by atoms with Gasteiger partial charge in [0.15, 0.2) is 11.5 Å². The van der Waals surface area contributed by atoms with Crippen LogP contribution in [0.2, 0.25) is 0 Å². The SMILES string of the molecule is COc1cc(C(c2ccc(N(C)C)cc2)N2CCC(C(=O)O)CC2)cc(OC)c1OC. The highest BCUT2D eigenvalue weighted by atomic mass is 16.5. The molecule has 7 heteroatoms. The smallest absolute Gasteiger partial charge is 0.306 e. The zero-order valence-corrected chi connectivity index (χ0v) is 18.9. The highest BCUT2D eigenvalue weighted by molar-refractivity contribution is 5.70. The number of carboxylic acids is 1. The van der Waals surface area contributed by atoms with Gasteiger partial charge in [0.25, 0.3) is 0 Å². The number of carboxylic acid groups (broad SMARTS) is 1. The minimum absolute atomic E-state index is 0.0559. The molecular formula is C24H32N2O5. The van der Waals surface area contributed by atoms with Crippen molar-refractivity contribution in [2.75, 3.05) is 53.4 Å². The number of methoxy groups -OCH3 is 3. The molecule has 1 fully saturated rings. The topological polar surface area (TPSA) is 71.5 Å². The molecule has 1 saturated heterocycles. The summed E-state index contributed by atoms with van der Waals surface area (Å²) < 4.78 is 16.7. The number of likely N-dealkylation sites (tertiary alicyclic amines) is 1. The van der Waals surface area contributed by atoms with Crippen molar-refractivity contribution in [2.45, 2.75) is 18.9 Å². The number of benzene rings is 2. The molecule has 0 radical (unpaired) electrons. The maximum atomic E-state index is 11.4. The van der Waals surface area contributed by atoms with Gasteiger partial charge in [-0.05, 0) is 61.3 Å². The van der Waals surface area contributed by atoms with E-state index in [1.165, 1.54) is 0 Å². The average molecular weight is 429 g/mol. The van der Waals surface area contributed by atoms with Crippen LogP contribution < -0.4 is 19.1 Å². The van der Waals surface area contributed by atoms with Crippen LogP contribution in [0.4, 0.5) is 5.69 Å². The fraction of sp³-hybridized carbons (Fsp3) is 0.458. The van der Waals surface area contributed by atoms with Gasteiger partial charge in [-0.3, -0.25) is 9.69 Å². The Kier molecular flexibility index (Phi) is 7.28. The van der Waals surface area contributed by atoms with E-state index in [0.717, 1.165) is 16.8 Å². The van der Waals surface area contributed by atoms with E-state index < -0.39 is 5.97 Å². The Hall–Kier alpha value is -2.93. The van der Waals surface area contributed by atoms with Crippen molar-refractivity contribution in [2.24, 2.45) is 5.92 Å². The van der Waals surface area contributed by atoms with Crippen LogP contribution in [-0.4, -0.2) is 64.5 Å². The lowest BCUT2D eigenvalue weighted by molar-refractivity contribution is -0.143. The molecule has 1 atom stereocenters. The molecule has 0 aliphatic carbocycles. The monoisotopic (exact) mass is 428 g/mol. The van der Waals surface area contributed by atoms with Crippen molar-refractivity contribution < 1.29 is 24.1 Å². The van der Waals surface area contributed by atoms with Gasteiger partial charge >= 0.3 is 5.97 Å². The fourth-order valence-corrected chi connectivity index (χ4v) is 4.23. The van der Waals surface area contributed by atoms with Gasteiger partial charge < -0.3 is 24.2 Å². The standard InChI is InChI=1S/C24H32N2O5/c1-25(2)19-8-6-16(7-9-19)22(26-12-10-17(11-13-26)24(27)28)18-14-20(29-3)23(31-5)21(15-18)30-4/h6-9,14-15,17,22H,10-13H2,1-5H3,(H,27,28). The van der Waals surface area contributed by atoms with Crippen LogP contribution in [0.3, 0.4) is 0 Å². The number of carbonyl (C=O) groups is 1. The summed E-state index contributed by atoms with van der Waals surface area (Å²) in [6.45, 7) is 1.40. The lowest BCUT2D eigenvalue weighted by atomic mass is 9.91. The van der Waals surface area contributed by atoms with Gasteiger partial charge in [-0.15, -0.1) is 0 Å². The first-order chi connectivity index (χ1) is 14.9. The molecule has 31 heavy (non-hydrogen) atoms. The first kappa shape index (κ1) is 22.7. The third-order valence-corrected chi connectivity index (χ3v) is 5.97. The number of piperidine rings is 1. The van der Waals surface area contributed by atoms with Crippen LogP contribution in [-0.2, 0) is 4.79 Å². The Morgan fingerprint density at radius 1 is 0.968 bits per heavy atom. The Morgan fingerprint density at radius 2 is 1.52 bits per heavy atom. The normalized spacial score (nSPS) is 15.9. The lowest BCUT2D eigenvalue weighted by Gasteiger charge is -2.37. The highest BCUT2D eigenvalue weighted by Crippen LogP contribution is 2.43. The van der Waals surface area contributed by atoms with Crippen LogP contribution in [0.25, 0.3) is 0 Å². The van der Waals surface area contributed by atoms with E-state index in [1.54, 1.807) is 21.3 Å². The van der Waals surface area contributed by atoms with E-state index >= 15 is 0 Å². The molecule has 168 valence electrons. The molecule has 1 N–H and O–H groups in total. The number of ether oxygens (including phenoxy) is 3. The molecule has 1 aliphatic heterocycles. The quantitative estimate of drug-likeness (QED) is 0.688. The van der Waals surface area contributed by atoms with E-state index in [-0.39, 0.29) is 12.0 Å². The maximum absolute atomic E-state index is 11.4. The Balaban J connectivity index is 2.05. The van der Waals surface area contributed by atoms with E-state index in [0.29, 0.717) is 43.2 Å². The van der Waals surface area contributed by atoms with Crippen LogP contribution in [0.5, 0.6) is 17.2 Å². The predicted octanol–water partition coefficient (Wildman–Crippen LogP) is 3.66. The van der Waals surface area contributed by atoms with Gasteiger partial charge in [0.1, 0.15) is 0 Å². The third-order valence-electron chi connectivity index (χ3n) is 5.97. The minimum atomic E-state index is -0.709. The number of rotatable bonds is 8. The van der Waals surface area contributed by atoms with Crippen molar-refractivity contribution in [3.05, 3.63) is 47.5 Å².